The molecule has 1 aliphatic carbocycles. The molecule has 6 heteroatoms. The van der Waals surface area contributed by atoms with Crippen LogP contribution in [0.25, 0.3) is 0 Å². The molecule has 0 radical (unpaired) electrons. The molecule has 0 bridgehead atoms. The Morgan fingerprint density at radius 3 is 2.80 bits per heavy atom. The van der Waals surface area contributed by atoms with E-state index in [-0.39, 0.29) is 11.1 Å². The first-order valence-corrected chi connectivity index (χ1v) is 8.15. The number of nitrogens with one attached hydrogen (secondary N) is 1. The van der Waals surface area contributed by atoms with Crippen molar-refractivity contribution in [2.24, 2.45) is 5.73 Å². The van der Waals surface area contributed by atoms with Gasteiger partial charge < -0.3 is 11.1 Å². The minimum absolute atomic E-state index is 0.0754. The molecule has 0 spiro atoms. The molecule has 1 aromatic rings. The minimum atomic E-state index is -0.0771. The van der Waals surface area contributed by atoms with Crippen LogP contribution in [0, 0.1) is 0 Å². The SMILES string of the molecule is CCCCn1ncc(NC2(CN)CCCC2)c(Br)c1=O. The highest BCUT2D eigenvalue weighted by Crippen LogP contribution is 2.33. The number of hydrogen-bond donors (Lipinski definition) is 2. The van der Waals surface area contributed by atoms with Crippen molar-refractivity contribution in [2.75, 3.05) is 11.9 Å². The third-order valence-corrected chi connectivity index (χ3v) is 4.83. The van der Waals surface area contributed by atoms with Gasteiger partial charge in [-0.1, -0.05) is 26.2 Å². The van der Waals surface area contributed by atoms with Crippen LogP contribution in [0.1, 0.15) is 45.4 Å². The average molecular weight is 343 g/mol. The Balaban J connectivity index is 2.21. The summed E-state index contributed by atoms with van der Waals surface area (Å²) in [6, 6.07) is 0. The van der Waals surface area contributed by atoms with E-state index in [1.165, 1.54) is 17.5 Å². The number of rotatable bonds is 6. The second kappa shape index (κ2) is 6.72. The van der Waals surface area contributed by atoms with Crippen molar-refractivity contribution in [1.29, 1.82) is 0 Å². The number of unbranched alkanes of at least 4 members (excludes halogenated alkanes) is 1. The monoisotopic (exact) mass is 342 g/mol. The second-order valence-corrected chi connectivity index (χ2v) is 6.36. The fourth-order valence-corrected chi connectivity index (χ4v) is 3.14. The van der Waals surface area contributed by atoms with E-state index in [0.717, 1.165) is 31.4 Å². The molecule has 1 fully saturated rings. The molecule has 20 heavy (non-hydrogen) atoms. The third-order valence-electron chi connectivity index (χ3n) is 4.06. The maximum absolute atomic E-state index is 12.2. The van der Waals surface area contributed by atoms with Crippen LogP contribution < -0.4 is 16.6 Å². The van der Waals surface area contributed by atoms with Crippen LogP contribution in [-0.4, -0.2) is 21.9 Å². The van der Waals surface area contributed by atoms with Crippen LogP contribution in [0.5, 0.6) is 0 Å². The normalized spacial score (nSPS) is 17.4. The topological polar surface area (TPSA) is 72.9 Å². The van der Waals surface area contributed by atoms with Gasteiger partial charge in [-0.2, -0.15) is 5.10 Å². The van der Waals surface area contributed by atoms with Gasteiger partial charge in [0, 0.05) is 18.6 Å². The zero-order valence-corrected chi connectivity index (χ0v) is 13.6. The van der Waals surface area contributed by atoms with Crippen LogP contribution in [0.2, 0.25) is 0 Å². The van der Waals surface area contributed by atoms with Crippen molar-refractivity contribution in [3.05, 3.63) is 21.0 Å². The molecule has 0 aromatic carbocycles. The number of hydrogen-bond acceptors (Lipinski definition) is 4. The molecular weight excluding hydrogens is 320 g/mol. The fourth-order valence-electron chi connectivity index (χ4n) is 2.74. The maximum atomic E-state index is 12.2. The van der Waals surface area contributed by atoms with E-state index in [9.17, 15) is 4.79 Å². The minimum Gasteiger partial charge on any atom is -0.376 e. The largest absolute Gasteiger partial charge is 0.376 e. The predicted molar refractivity (Wildman–Crippen MR) is 85.0 cm³/mol. The van der Waals surface area contributed by atoms with Crippen LogP contribution >= 0.6 is 15.9 Å². The van der Waals surface area contributed by atoms with Gasteiger partial charge in [0.1, 0.15) is 4.47 Å². The molecule has 5 nitrogen and oxygen atoms in total. The third kappa shape index (κ3) is 3.23. The molecule has 1 aliphatic rings. The summed E-state index contributed by atoms with van der Waals surface area (Å²) in [5.74, 6) is 0. The lowest BCUT2D eigenvalue weighted by molar-refractivity contribution is 0.490. The molecular formula is C14H23BrN4O. The lowest BCUT2D eigenvalue weighted by Gasteiger charge is -2.30. The van der Waals surface area contributed by atoms with E-state index in [1.54, 1.807) is 6.20 Å². The average Bonchev–Trinajstić information content (AvgIpc) is 2.92. The molecule has 112 valence electrons. The summed E-state index contributed by atoms with van der Waals surface area (Å²) in [5.41, 5.74) is 6.53. The van der Waals surface area contributed by atoms with E-state index in [0.29, 0.717) is 17.6 Å². The second-order valence-electron chi connectivity index (χ2n) is 5.57. The number of halogens is 1. The molecule has 0 amide bonds. The number of aromatic nitrogens is 2. The molecule has 1 aromatic heterocycles. The lowest BCUT2D eigenvalue weighted by atomic mass is 9.97. The Bertz CT molecular complexity index is 508. The summed E-state index contributed by atoms with van der Waals surface area (Å²) in [5, 5.41) is 7.70. The first-order chi connectivity index (χ1) is 9.62. The van der Waals surface area contributed by atoms with Gasteiger partial charge in [0.25, 0.3) is 5.56 Å². The Hall–Kier alpha value is -0.880. The van der Waals surface area contributed by atoms with Crippen LogP contribution in [-0.2, 0) is 6.54 Å². The smallest absolute Gasteiger partial charge is 0.283 e. The van der Waals surface area contributed by atoms with E-state index in [2.05, 4.69) is 33.3 Å². The molecule has 2 rings (SSSR count). The number of nitrogens with zero attached hydrogens (tertiary/aromatic N) is 2. The quantitative estimate of drug-likeness (QED) is 0.832. The Kier molecular flexibility index (Phi) is 5.21. The number of anilines is 1. The van der Waals surface area contributed by atoms with Gasteiger partial charge in [-0.05, 0) is 35.2 Å². The van der Waals surface area contributed by atoms with E-state index in [1.807, 2.05) is 0 Å². The van der Waals surface area contributed by atoms with E-state index < -0.39 is 0 Å². The van der Waals surface area contributed by atoms with Gasteiger partial charge in [0.2, 0.25) is 0 Å². The van der Waals surface area contributed by atoms with Crippen molar-refractivity contribution >= 4 is 21.6 Å². The Morgan fingerprint density at radius 1 is 1.50 bits per heavy atom. The Labute approximate surface area is 128 Å². The van der Waals surface area contributed by atoms with Gasteiger partial charge >= 0.3 is 0 Å². The first-order valence-electron chi connectivity index (χ1n) is 7.36. The van der Waals surface area contributed by atoms with Crippen LogP contribution in [0.15, 0.2) is 15.5 Å². The van der Waals surface area contributed by atoms with Gasteiger partial charge in [0.15, 0.2) is 0 Å². The summed E-state index contributed by atoms with van der Waals surface area (Å²) in [7, 11) is 0. The van der Waals surface area contributed by atoms with Crippen molar-refractivity contribution in [3.63, 3.8) is 0 Å². The van der Waals surface area contributed by atoms with Gasteiger partial charge in [-0.3, -0.25) is 4.79 Å². The van der Waals surface area contributed by atoms with Gasteiger partial charge in [0.05, 0.1) is 11.9 Å². The highest BCUT2D eigenvalue weighted by molar-refractivity contribution is 9.10. The summed E-state index contributed by atoms with van der Waals surface area (Å²) in [6.07, 6.45) is 8.20. The molecule has 0 atom stereocenters. The zero-order chi connectivity index (χ0) is 14.6. The van der Waals surface area contributed by atoms with Crippen molar-refractivity contribution in [2.45, 2.75) is 57.5 Å². The molecule has 1 saturated carbocycles. The molecule has 0 aliphatic heterocycles. The summed E-state index contributed by atoms with van der Waals surface area (Å²) < 4.78 is 2.08. The van der Waals surface area contributed by atoms with E-state index in [4.69, 9.17) is 5.73 Å². The number of nitrogens with two attached hydrogens (primary N) is 1. The zero-order valence-electron chi connectivity index (χ0n) is 12.0. The maximum Gasteiger partial charge on any atom is 0.283 e. The summed E-state index contributed by atoms with van der Waals surface area (Å²) >= 11 is 3.41. The van der Waals surface area contributed by atoms with Crippen molar-refractivity contribution in [3.8, 4) is 0 Å². The standard InChI is InChI=1S/C14H23BrN4O/c1-2-3-8-19-13(20)12(15)11(9-17-19)18-14(10-16)6-4-5-7-14/h9,18H,2-8,10,16H2,1H3. The van der Waals surface area contributed by atoms with Gasteiger partial charge in [-0.25, -0.2) is 4.68 Å². The van der Waals surface area contributed by atoms with Crippen molar-refractivity contribution < 1.29 is 0 Å². The molecule has 1 heterocycles. The summed E-state index contributed by atoms with van der Waals surface area (Å²) in [6.45, 7) is 3.34. The first kappa shape index (κ1) is 15.5. The van der Waals surface area contributed by atoms with Crippen LogP contribution in [0.4, 0.5) is 5.69 Å². The molecule has 3 N–H and O–H groups in total. The highest BCUT2D eigenvalue weighted by atomic mass is 79.9. The van der Waals surface area contributed by atoms with Gasteiger partial charge in [-0.15, -0.1) is 0 Å². The number of aryl methyl sites for hydroxylation is 1. The lowest BCUT2D eigenvalue weighted by Crippen LogP contribution is -2.43. The molecule has 0 unspecified atom stereocenters. The fraction of sp³-hybridized carbons (Fsp3) is 0.714. The summed E-state index contributed by atoms with van der Waals surface area (Å²) in [4.78, 5) is 12.2. The molecule has 0 saturated heterocycles. The van der Waals surface area contributed by atoms with Crippen molar-refractivity contribution in [1.82, 2.24) is 9.78 Å². The Morgan fingerprint density at radius 2 is 2.20 bits per heavy atom. The van der Waals surface area contributed by atoms with E-state index >= 15 is 0 Å². The highest BCUT2D eigenvalue weighted by Gasteiger charge is 2.33. The van der Waals surface area contributed by atoms with Crippen LogP contribution in [0.3, 0.4) is 0 Å². The predicted octanol–water partition coefficient (Wildman–Crippen LogP) is 2.49.